The Labute approximate surface area is 110 Å². The molecule has 0 aliphatic carbocycles. The number of nitrogens with one attached hydrogen (secondary N) is 1. The van der Waals surface area contributed by atoms with Gasteiger partial charge in [0.25, 0.3) is 5.69 Å². The number of anilines is 1. The molecule has 0 unspecified atom stereocenters. The minimum atomic E-state index is -0.412. The number of nitro groups is 1. The fourth-order valence-corrected chi connectivity index (χ4v) is 1.72. The minimum Gasteiger partial charge on any atom is -0.350 e. The number of rotatable bonds is 4. The van der Waals surface area contributed by atoms with Gasteiger partial charge in [0.15, 0.2) is 0 Å². The van der Waals surface area contributed by atoms with Crippen LogP contribution in [0.1, 0.15) is 17.0 Å². The summed E-state index contributed by atoms with van der Waals surface area (Å²) >= 11 is 0. The average Bonchev–Trinajstić information content (AvgIpc) is 2.36. The van der Waals surface area contributed by atoms with Gasteiger partial charge < -0.3 is 5.32 Å². The van der Waals surface area contributed by atoms with Crippen LogP contribution in [0, 0.1) is 24.0 Å². The van der Waals surface area contributed by atoms with E-state index in [1.807, 2.05) is 19.9 Å². The summed E-state index contributed by atoms with van der Waals surface area (Å²) in [4.78, 5) is 18.7. The van der Waals surface area contributed by atoms with Gasteiger partial charge in [-0.2, -0.15) is 0 Å². The molecule has 6 heteroatoms. The lowest BCUT2D eigenvalue weighted by atomic mass is 10.2. The van der Waals surface area contributed by atoms with Gasteiger partial charge in [0, 0.05) is 30.1 Å². The largest absolute Gasteiger partial charge is 0.350 e. The predicted molar refractivity (Wildman–Crippen MR) is 71.9 cm³/mol. The topological polar surface area (TPSA) is 81.0 Å². The second kappa shape index (κ2) is 5.43. The third-order valence-corrected chi connectivity index (χ3v) is 2.58. The van der Waals surface area contributed by atoms with Gasteiger partial charge in [-0.25, -0.2) is 9.97 Å². The van der Waals surface area contributed by atoms with Crippen LogP contribution < -0.4 is 5.32 Å². The third kappa shape index (κ3) is 3.48. The van der Waals surface area contributed by atoms with Crippen LogP contribution >= 0.6 is 0 Å². The Bertz CT molecular complexity index is 576. The Kier molecular flexibility index (Phi) is 3.70. The Morgan fingerprint density at radius 2 is 1.74 bits per heavy atom. The van der Waals surface area contributed by atoms with E-state index < -0.39 is 4.92 Å². The zero-order chi connectivity index (χ0) is 13.8. The van der Waals surface area contributed by atoms with Crippen LogP contribution in [0.4, 0.5) is 11.6 Å². The van der Waals surface area contributed by atoms with Crippen molar-refractivity contribution in [3.05, 3.63) is 57.4 Å². The molecule has 1 aromatic carbocycles. The number of nitro benzene ring substituents is 1. The van der Waals surface area contributed by atoms with Gasteiger partial charge in [0.2, 0.25) is 5.95 Å². The summed E-state index contributed by atoms with van der Waals surface area (Å²) in [6.07, 6.45) is 0. The lowest BCUT2D eigenvalue weighted by Gasteiger charge is -2.06. The molecule has 98 valence electrons. The van der Waals surface area contributed by atoms with Crippen molar-refractivity contribution < 1.29 is 4.92 Å². The summed E-state index contributed by atoms with van der Waals surface area (Å²) in [6.45, 7) is 4.35. The third-order valence-electron chi connectivity index (χ3n) is 2.58. The van der Waals surface area contributed by atoms with Crippen LogP contribution in [0.25, 0.3) is 0 Å². The van der Waals surface area contributed by atoms with E-state index in [1.165, 1.54) is 12.1 Å². The highest BCUT2D eigenvalue weighted by Crippen LogP contribution is 2.13. The molecule has 0 saturated carbocycles. The van der Waals surface area contributed by atoms with E-state index in [0.717, 1.165) is 17.0 Å². The first-order chi connectivity index (χ1) is 9.04. The Morgan fingerprint density at radius 1 is 1.16 bits per heavy atom. The van der Waals surface area contributed by atoms with Crippen molar-refractivity contribution in [1.29, 1.82) is 0 Å². The molecule has 0 fully saturated rings. The summed E-state index contributed by atoms with van der Waals surface area (Å²) in [7, 11) is 0. The first kappa shape index (κ1) is 12.9. The van der Waals surface area contributed by atoms with Gasteiger partial charge in [0.05, 0.1) is 4.92 Å². The maximum absolute atomic E-state index is 10.5. The monoisotopic (exact) mass is 258 g/mol. The van der Waals surface area contributed by atoms with Crippen molar-refractivity contribution in [2.75, 3.05) is 5.32 Å². The molecule has 0 saturated heterocycles. The van der Waals surface area contributed by atoms with E-state index in [9.17, 15) is 10.1 Å². The van der Waals surface area contributed by atoms with Gasteiger partial charge in [0.1, 0.15) is 0 Å². The van der Waals surface area contributed by atoms with Crippen molar-refractivity contribution in [2.24, 2.45) is 0 Å². The molecule has 2 rings (SSSR count). The van der Waals surface area contributed by atoms with Gasteiger partial charge in [-0.3, -0.25) is 10.1 Å². The molecule has 19 heavy (non-hydrogen) atoms. The molecule has 1 aromatic heterocycles. The summed E-state index contributed by atoms with van der Waals surface area (Å²) in [5.41, 5.74) is 2.83. The molecule has 0 aliphatic heterocycles. The zero-order valence-corrected chi connectivity index (χ0v) is 10.8. The standard InChI is InChI=1S/C13H14N4O2/c1-9-7-10(2)16-13(15-9)14-8-11-3-5-12(6-4-11)17(18)19/h3-7H,8H2,1-2H3,(H,14,15,16). The Hall–Kier alpha value is -2.50. The molecule has 0 atom stereocenters. The Balaban J connectivity index is 2.03. The van der Waals surface area contributed by atoms with Crippen LogP contribution in [-0.2, 0) is 6.54 Å². The number of non-ortho nitro benzene ring substituents is 1. The molecule has 2 aromatic rings. The van der Waals surface area contributed by atoms with Crippen LogP contribution in [0.2, 0.25) is 0 Å². The number of aromatic nitrogens is 2. The van der Waals surface area contributed by atoms with E-state index in [4.69, 9.17) is 0 Å². The number of benzene rings is 1. The number of hydrogen-bond donors (Lipinski definition) is 1. The molecule has 0 radical (unpaired) electrons. The van der Waals surface area contributed by atoms with E-state index in [1.54, 1.807) is 12.1 Å². The number of hydrogen-bond acceptors (Lipinski definition) is 5. The molecule has 0 bridgehead atoms. The molecule has 6 nitrogen and oxygen atoms in total. The smallest absolute Gasteiger partial charge is 0.269 e. The summed E-state index contributed by atoms with van der Waals surface area (Å²) < 4.78 is 0. The first-order valence-electron chi connectivity index (χ1n) is 5.84. The van der Waals surface area contributed by atoms with Gasteiger partial charge >= 0.3 is 0 Å². The molecule has 0 amide bonds. The minimum absolute atomic E-state index is 0.0893. The molecule has 1 heterocycles. The second-order valence-electron chi connectivity index (χ2n) is 4.25. The van der Waals surface area contributed by atoms with Crippen LogP contribution in [-0.4, -0.2) is 14.9 Å². The van der Waals surface area contributed by atoms with E-state index in [-0.39, 0.29) is 5.69 Å². The number of nitrogens with zero attached hydrogens (tertiary/aromatic N) is 3. The lowest BCUT2D eigenvalue weighted by molar-refractivity contribution is -0.384. The Morgan fingerprint density at radius 3 is 2.26 bits per heavy atom. The van der Waals surface area contributed by atoms with Crippen molar-refractivity contribution in [2.45, 2.75) is 20.4 Å². The highest BCUT2D eigenvalue weighted by atomic mass is 16.6. The van der Waals surface area contributed by atoms with Crippen LogP contribution in [0.3, 0.4) is 0 Å². The second-order valence-corrected chi connectivity index (χ2v) is 4.25. The number of aryl methyl sites for hydroxylation is 2. The maximum atomic E-state index is 10.5. The highest BCUT2D eigenvalue weighted by molar-refractivity contribution is 5.35. The molecule has 0 spiro atoms. The molecule has 0 aliphatic rings. The lowest BCUT2D eigenvalue weighted by Crippen LogP contribution is -2.05. The van der Waals surface area contributed by atoms with Crippen molar-refractivity contribution in [1.82, 2.24) is 9.97 Å². The summed E-state index contributed by atoms with van der Waals surface area (Å²) in [5, 5.41) is 13.6. The van der Waals surface area contributed by atoms with Gasteiger partial charge in [-0.1, -0.05) is 12.1 Å². The van der Waals surface area contributed by atoms with Crippen molar-refractivity contribution in [3.63, 3.8) is 0 Å². The van der Waals surface area contributed by atoms with E-state index in [2.05, 4.69) is 15.3 Å². The SMILES string of the molecule is Cc1cc(C)nc(NCc2ccc([N+](=O)[O-])cc2)n1. The predicted octanol–water partition coefficient (Wildman–Crippen LogP) is 2.61. The summed E-state index contributed by atoms with van der Waals surface area (Å²) in [5.74, 6) is 0.566. The van der Waals surface area contributed by atoms with Crippen LogP contribution in [0.5, 0.6) is 0 Å². The van der Waals surface area contributed by atoms with E-state index in [0.29, 0.717) is 12.5 Å². The molecular weight excluding hydrogens is 244 g/mol. The molecule has 1 N–H and O–H groups in total. The van der Waals surface area contributed by atoms with Crippen LogP contribution in [0.15, 0.2) is 30.3 Å². The normalized spacial score (nSPS) is 10.2. The van der Waals surface area contributed by atoms with Crippen molar-refractivity contribution >= 4 is 11.6 Å². The summed E-state index contributed by atoms with van der Waals surface area (Å²) in [6, 6.07) is 8.30. The van der Waals surface area contributed by atoms with Gasteiger partial charge in [-0.15, -0.1) is 0 Å². The van der Waals surface area contributed by atoms with Crippen molar-refractivity contribution in [3.8, 4) is 0 Å². The fourth-order valence-electron chi connectivity index (χ4n) is 1.72. The quantitative estimate of drug-likeness (QED) is 0.673. The fraction of sp³-hybridized carbons (Fsp3) is 0.231. The average molecular weight is 258 g/mol. The zero-order valence-electron chi connectivity index (χ0n) is 10.8. The molecular formula is C13H14N4O2. The maximum Gasteiger partial charge on any atom is 0.269 e. The first-order valence-corrected chi connectivity index (χ1v) is 5.84. The van der Waals surface area contributed by atoms with Gasteiger partial charge in [-0.05, 0) is 25.5 Å². The highest BCUT2D eigenvalue weighted by Gasteiger charge is 2.04. The van der Waals surface area contributed by atoms with E-state index >= 15 is 0 Å².